The molecule has 8 heteroatoms. The van der Waals surface area contributed by atoms with Crippen molar-refractivity contribution in [1.82, 2.24) is 0 Å². The summed E-state index contributed by atoms with van der Waals surface area (Å²) in [6.07, 6.45) is 2.98. The minimum Gasteiger partial charge on any atom is -0.496 e. The number of ether oxygens (including phenoxy) is 2. The van der Waals surface area contributed by atoms with Gasteiger partial charge in [-0.15, -0.1) is 0 Å². The Labute approximate surface area is 184 Å². The number of nitrogens with one attached hydrogen (secondary N) is 1. The van der Waals surface area contributed by atoms with Crippen LogP contribution in [0.3, 0.4) is 0 Å². The third-order valence-electron chi connectivity index (χ3n) is 5.48. The molecule has 0 bridgehead atoms. The number of hydrogen-bond acceptors (Lipinski definition) is 5. The zero-order valence-corrected chi connectivity index (χ0v) is 18.7. The van der Waals surface area contributed by atoms with Gasteiger partial charge in [-0.3, -0.25) is 4.79 Å². The first-order valence-corrected chi connectivity index (χ1v) is 11.5. The van der Waals surface area contributed by atoms with E-state index in [1.165, 1.54) is 19.2 Å². The molecular formula is C22H27NO5S2. The molecule has 2 aliphatic rings. The largest absolute Gasteiger partial charge is 0.496 e. The van der Waals surface area contributed by atoms with Crippen LogP contribution < -0.4 is 10.1 Å². The van der Waals surface area contributed by atoms with Crippen molar-refractivity contribution >= 4 is 34.9 Å². The number of rotatable bonds is 7. The van der Waals surface area contributed by atoms with Crippen LogP contribution in [0.25, 0.3) is 0 Å². The zero-order valence-electron chi connectivity index (χ0n) is 16.9. The minimum atomic E-state index is -3.52. The Morgan fingerprint density at radius 1 is 1.17 bits per heavy atom. The number of sulfone groups is 1. The highest BCUT2D eigenvalue weighted by Crippen LogP contribution is 2.43. The number of hydrogen-bond donors (Lipinski definition) is 1. The van der Waals surface area contributed by atoms with Crippen LogP contribution in [0.5, 0.6) is 5.75 Å². The fraction of sp³-hybridized carbons (Fsp3) is 0.409. The number of anilines is 1. The quantitative estimate of drug-likeness (QED) is 0.696. The fourth-order valence-corrected chi connectivity index (χ4v) is 5.38. The fourth-order valence-electron chi connectivity index (χ4n) is 3.73. The van der Waals surface area contributed by atoms with Gasteiger partial charge in [0.05, 0.1) is 29.9 Å². The van der Waals surface area contributed by atoms with Crippen LogP contribution in [0.15, 0.2) is 47.4 Å². The molecule has 1 aliphatic carbocycles. The van der Waals surface area contributed by atoms with Crippen molar-refractivity contribution in [2.24, 2.45) is 5.92 Å². The maximum atomic E-state index is 13.0. The summed E-state index contributed by atoms with van der Waals surface area (Å²) in [7, 11) is -2.06. The number of methoxy groups -OCH3 is 1. The van der Waals surface area contributed by atoms with Crippen LogP contribution >= 0.6 is 13.5 Å². The van der Waals surface area contributed by atoms with Gasteiger partial charge in [0.25, 0.3) is 5.91 Å². The molecule has 1 saturated heterocycles. The molecule has 162 valence electrons. The summed E-state index contributed by atoms with van der Waals surface area (Å²) >= 11 is 0. The molecule has 4 rings (SSSR count). The topological polar surface area (TPSA) is 81.7 Å². The van der Waals surface area contributed by atoms with Gasteiger partial charge in [-0.1, -0.05) is 18.2 Å². The molecule has 1 heterocycles. The number of carbonyl (C=O) groups excluding carboxylic acids is 1. The van der Waals surface area contributed by atoms with Crippen molar-refractivity contribution in [2.75, 3.05) is 31.4 Å². The van der Waals surface area contributed by atoms with Crippen molar-refractivity contribution in [3.8, 4) is 5.75 Å². The Morgan fingerprint density at radius 2 is 1.93 bits per heavy atom. The first-order chi connectivity index (χ1) is 14.0. The molecule has 1 amide bonds. The van der Waals surface area contributed by atoms with Gasteiger partial charge >= 0.3 is 0 Å². The minimum absolute atomic E-state index is 0. The summed E-state index contributed by atoms with van der Waals surface area (Å²) in [5.74, 6) is 0.453. The molecule has 1 N–H and O–H groups in total. The Hall–Kier alpha value is -2.03. The van der Waals surface area contributed by atoms with Crippen LogP contribution in [0, 0.1) is 5.92 Å². The molecule has 1 atom stereocenters. The SMILES string of the molecule is COc1ccc(S(=O)(=O)C[C@H]2CCOC2)cc1C(=O)Nc1ccccc1C1CC1.S. The average molecular weight is 450 g/mol. The van der Waals surface area contributed by atoms with Gasteiger partial charge < -0.3 is 14.8 Å². The third kappa shape index (κ3) is 4.99. The molecule has 2 aromatic rings. The molecule has 1 saturated carbocycles. The van der Waals surface area contributed by atoms with Crippen LogP contribution in [0.2, 0.25) is 0 Å². The summed E-state index contributed by atoms with van der Waals surface area (Å²) in [5.41, 5.74) is 2.09. The normalized spacial score (nSPS) is 18.5. The summed E-state index contributed by atoms with van der Waals surface area (Å²) < 4.78 is 36.3. The molecule has 0 unspecified atom stereocenters. The molecule has 2 fully saturated rings. The maximum absolute atomic E-state index is 13.0. The molecular weight excluding hydrogens is 422 g/mol. The molecule has 0 aromatic heterocycles. The lowest BCUT2D eigenvalue weighted by atomic mass is 10.1. The van der Waals surface area contributed by atoms with E-state index in [1.54, 1.807) is 6.07 Å². The van der Waals surface area contributed by atoms with E-state index < -0.39 is 9.84 Å². The first-order valence-electron chi connectivity index (χ1n) is 9.87. The Bertz CT molecular complexity index is 1010. The Kier molecular flexibility index (Phi) is 7.10. The van der Waals surface area contributed by atoms with Crippen LogP contribution in [0.4, 0.5) is 5.69 Å². The van der Waals surface area contributed by atoms with E-state index in [9.17, 15) is 13.2 Å². The van der Waals surface area contributed by atoms with Gasteiger partial charge in [-0.2, -0.15) is 13.5 Å². The number of para-hydroxylation sites is 1. The Morgan fingerprint density at radius 3 is 2.60 bits per heavy atom. The summed E-state index contributed by atoms with van der Waals surface area (Å²) in [6.45, 7) is 1.05. The lowest BCUT2D eigenvalue weighted by Crippen LogP contribution is -2.18. The van der Waals surface area contributed by atoms with E-state index in [0.29, 0.717) is 24.9 Å². The Balaban J connectivity index is 0.00000256. The van der Waals surface area contributed by atoms with Crippen LogP contribution in [-0.2, 0) is 14.6 Å². The van der Waals surface area contributed by atoms with Crippen LogP contribution in [0.1, 0.15) is 41.1 Å². The van der Waals surface area contributed by atoms with E-state index in [-0.39, 0.29) is 41.5 Å². The highest BCUT2D eigenvalue weighted by molar-refractivity contribution is 7.91. The molecule has 0 spiro atoms. The lowest BCUT2D eigenvalue weighted by Gasteiger charge is -2.14. The van der Waals surface area contributed by atoms with Crippen molar-refractivity contribution in [2.45, 2.75) is 30.1 Å². The van der Waals surface area contributed by atoms with Gasteiger partial charge in [0.15, 0.2) is 9.84 Å². The predicted octanol–water partition coefficient (Wildman–Crippen LogP) is 3.75. The number of amides is 1. The van der Waals surface area contributed by atoms with E-state index in [0.717, 1.165) is 30.5 Å². The van der Waals surface area contributed by atoms with Gasteiger partial charge in [-0.25, -0.2) is 8.42 Å². The zero-order chi connectivity index (χ0) is 20.4. The number of carbonyl (C=O) groups is 1. The maximum Gasteiger partial charge on any atom is 0.259 e. The average Bonchev–Trinajstić information content (AvgIpc) is 3.44. The second-order valence-corrected chi connectivity index (χ2v) is 9.72. The van der Waals surface area contributed by atoms with Crippen LogP contribution in [-0.4, -0.2) is 40.4 Å². The second kappa shape index (κ2) is 9.41. The predicted molar refractivity (Wildman–Crippen MR) is 121 cm³/mol. The van der Waals surface area contributed by atoms with Crippen molar-refractivity contribution in [3.63, 3.8) is 0 Å². The summed E-state index contributed by atoms with van der Waals surface area (Å²) in [5, 5.41) is 2.94. The highest BCUT2D eigenvalue weighted by Gasteiger charge is 2.28. The smallest absolute Gasteiger partial charge is 0.259 e. The third-order valence-corrected chi connectivity index (χ3v) is 7.36. The molecule has 0 radical (unpaired) electrons. The summed E-state index contributed by atoms with van der Waals surface area (Å²) in [4.78, 5) is 13.1. The molecule has 30 heavy (non-hydrogen) atoms. The van der Waals surface area contributed by atoms with E-state index >= 15 is 0 Å². The second-order valence-electron chi connectivity index (χ2n) is 7.69. The highest BCUT2D eigenvalue weighted by atomic mass is 32.2. The standard InChI is InChI=1S/C22H25NO5S.H2S/c1-27-21-9-8-17(29(25,26)14-15-10-11-28-13-15)12-19(21)22(24)23-20-5-3-2-4-18(20)16-6-7-16;/h2-5,8-9,12,15-16H,6-7,10-11,13-14H2,1H3,(H,23,24);1H2/t15-;/m0./s1. The van der Waals surface area contributed by atoms with E-state index in [1.807, 2.05) is 24.3 Å². The molecule has 2 aromatic carbocycles. The lowest BCUT2D eigenvalue weighted by molar-refractivity contribution is 0.102. The summed E-state index contributed by atoms with van der Waals surface area (Å²) in [6, 6.07) is 12.2. The van der Waals surface area contributed by atoms with Gasteiger partial charge in [0.1, 0.15) is 5.75 Å². The number of benzene rings is 2. The van der Waals surface area contributed by atoms with Crippen molar-refractivity contribution < 1.29 is 22.7 Å². The van der Waals surface area contributed by atoms with Gasteiger partial charge in [0.2, 0.25) is 0 Å². The molecule has 1 aliphatic heterocycles. The van der Waals surface area contributed by atoms with Gasteiger partial charge in [-0.05, 0) is 60.9 Å². The monoisotopic (exact) mass is 449 g/mol. The van der Waals surface area contributed by atoms with E-state index in [4.69, 9.17) is 9.47 Å². The first kappa shape index (κ1) is 22.7. The molecule has 6 nitrogen and oxygen atoms in total. The van der Waals surface area contributed by atoms with Crippen molar-refractivity contribution in [1.29, 1.82) is 0 Å². The van der Waals surface area contributed by atoms with Gasteiger partial charge in [0, 0.05) is 12.3 Å². The van der Waals surface area contributed by atoms with E-state index in [2.05, 4.69) is 5.32 Å². The van der Waals surface area contributed by atoms with Crippen molar-refractivity contribution in [3.05, 3.63) is 53.6 Å².